The molecule has 3 fully saturated rings. The SMILES string of the molecule is O=C(NC1CN2CCC1CC2)c1ccc(Sc2nc(C(F)(F)F)cs2)cc1. The molecule has 0 radical (unpaired) electrons. The number of carbonyl (C=O) groups excluding carboxylic acids is 1. The van der Waals surface area contributed by atoms with Gasteiger partial charge in [-0.3, -0.25) is 4.79 Å². The number of amides is 1. The van der Waals surface area contributed by atoms with Gasteiger partial charge in [-0.25, -0.2) is 4.98 Å². The van der Waals surface area contributed by atoms with Gasteiger partial charge in [0.2, 0.25) is 0 Å². The molecule has 2 bridgehead atoms. The summed E-state index contributed by atoms with van der Waals surface area (Å²) in [5, 5.41) is 4.14. The third-order valence-electron chi connectivity index (χ3n) is 5.07. The van der Waals surface area contributed by atoms with Crippen molar-refractivity contribution in [3.05, 3.63) is 40.9 Å². The fourth-order valence-electron chi connectivity index (χ4n) is 3.59. The first-order chi connectivity index (χ1) is 12.9. The van der Waals surface area contributed by atoms with Crippen molar-refractivity contribution in [2.45, 2.75) is 34.3 Å². The molecule has 1 atom stereocenters. The Morgan fingerprint density at radius 2 is 1.93 bits per heavy atom. The largest absolute Gasteiger partial charge is 0.434 e. The van der Waals surface area contributed by atoms with Gasteiger partial charge in [-0.15, -0.1) is 11.3 Å². The number of rotatable bonds is 4. The van der Waals surface area contributed by atoms with E-state index >= 15 is 0 Å². The number of fused-ring (bicyclic) bond motifs is 3. The monoisotopic (exact) mass is 413 g/mol. The first-order valence-corrected chi connectivity index (χ1v) is 10.4. The van der Waals surface area contributed by atoms with E-state index in [1.165, 1.54) is 0 Å². The summed E-state index contributed by atoms with van der Waals surface area (Å²) >= 11 is 2.12. The molecule has 1 N–H and O–H groups in total. The van der Waals surface area contributed by atoms with Crippen LogP contribution < -0.4 is 5.32 Å². The van der Waals surface area contributed by atoms with Gasteiger partial charge in [-0.05, 0) is 56.1 Å². The number of hydrogen-bond donors (Lipinski definition) is 1. The quantitative estimate of drug-likeness (QED) is 0.819. The normalized spacial score (nSPS) is 24.8. The molecule has 1 amide bonds. The maximum atomic E-state index is 12.6. The number of thiazole rings is 1. The van der Waals surface area contributed by atoms with Crippen LogP contribution in [0.2, 0.25) is 0 Å². The maximum Gasteiger partial charge on any atom is 0.434 e. The zero-order chi connectivity index (χ0) is 19.0. The highest BCUT2D eigenvalue weighted by Gasteiger charge is 2.35. The van der Waals surface area contributed by atoms with Gasteiger partial charge in [0.1, 0.15) is 0 Å². The van der Waals surface area contributed by atoms with E-state index in [-0.39, 0.29) is 11.9 Å². The van der Waals surface area contributed by atoms with Crippen molar-refractivity contribution >= 4 is 29.0 Å². The van der Waals surface area contributed by atoms with Crippen LogP contribution in [0.5, 0.6) is 0 Å². The molecule has 4 heterocycles. The van der Waals surface area contributed by atoms with Crippen LogP contribution in [0.15, 0.2) is 38.9 Å². The van der Waals surface area contributed by atoms with E-state index in [9.17, 15) is 18.0 Å². The molecular weight excluding hydrogens is 395 g/mol. The minimum Gasteiger partial charge on any atom is -0.348 e. The van der Waals surface area contributed by atoms with E-state index in [0.717, 1.165) is 65.9 Å². The standard InChI is InChI=1S/C18H18F3N3OS2/c19-18(20,21)15-10-26-17(23-15)27-13-3-1-12(2-4-13)16(25)22-14-9-24-7-5-11(14)6-8-24/h1-4,10-11,14H,5-9H2,(H,22,25). The Bertz CT molecular complexity index is 814. The van der Waals surface area contributed by atoms with E-state index < -0.39 is 11.9 Å². The van der Waals surface area contributed by atoms with Crippen molar-refractivity contribution < 1.29 is 18.0 Å². The molecule has 3 saturated heterocycles. The number of aromatic nitrogens is 1. The number of halogens is 3. The minimum atomic E-state index is -4.42. The van der Waals surface area contributed by atoms with Crippen LogP contribution in [0.4, 0.5) is 13.2 Å². The Morgan fingerprint density at radius 3 is 2.48 bits per heavy atom. The van der Waals surface area contributed by atoms with E-state index in [2.05, 4.69) is 15.2 Å². The van der Waals surface area contributed by atoms with Gasteiger partial charge < -0.3 is 10.2 Å². The lowest BCUT2D eigenvalue weighted by atomic mass is 9.84. The fourth-order valence-corrected chi connectivity index (χ4v) is 5.38. The van der Waals surface area contributed by atoms with Crippen LogP contribution in [0.1, 0.15) is 28.9 Å². The van der Waals surface area contributed by atoms with Crippen LogP contribution >= 0.6 is 23.1 Å². The highest BCUT2D eigenvalue weighted by atomic mass is 32.2. The molecule has 27 heavy (non-hydrogen) atoms. The molecule has 0 aliphatic carbocycles. The average Bonchev–Trinajstić information content (AvgIpc) is 3.12. The highest BCUT2D eigenvalue weighted by Crippen LogP contribution is 2.36. The lowest BCUT2D eigenvalue weighted by Crippen LogP contribution is -2.57. The highest BCUT2D eigenvalue weighted by molar-refractivity contribution is 8.01. The number of alkyl halides is 3. The Kier molecular flexibility index (Phi) is 5.17. The molecule has 4 nitrogen and oxygen atoms in total. The van der Waals surface area contributed by atoms with E-state index in [4.69, 9.17) is 0 Å². The van der Waals surface area contributed by atoms with Gasteiger partial charge in [0, 0.05) is 28.4 Å². The van der Waals surface area contributed by atoms with Crippen molar-refractivity contribution in [1.82, 2.24) is 15.2 Å². The van der Waals surface area contributed by atoms with Crippen molar-refractivity contribution in [2.75, 3.05) is 19.6 Å². The summed E-state index contributed by atoms with van der Waals surface area (Å²) in [5.74, 6) is 0.459. The molecule has 2 aromatic rings. The predicted molar refractivity (Wildman–Crippen MR) is 98.1 cm³/mol. The second-order valence-corrected chi connectivity index (χ2v) is 9.02. The molecule has 0 saturated carbocycles. The molecule has 1 unspecified atom stereocenters. The number of nitrogens with zero attached hydrogens (tertiary/aromatic N) is 2. The van der Waals surface area contributed by atoms with Crippen LogP contribution in [0, 0.1) is 5.92 Å². The molecule has 9 heteroatoms. The van der Waals surface area contributed by atoms with Gasteiger partial charge in [-0.2, -0.15) is 13.2 Å². The maximum absolute atomic E-state index is 12.6. The molecule has 0 spiro atoms. The Balaban J connectivity index is 1.37. The third-order valence-corrected chi connectivity index (χ3v) is 7.01. The van der Waals surface area contributed by atoms with Gasteiger partial charge >= 0.3 is 6.18 Å². The van der Waals surface area contributed by atoms with Crippen molar-refractivity contribution in [3.63, 3.8) is 0 Å². The number of piperidine rings is 3. The summed E-state index contributed by atoms with van der Waals surface area (Å²) in [6, 6.07) is 7.09. The van der Waals surface area contributed by atoms with Gasteiger partial charge in [0.15, 0.2) is 10.0 Å². The lowest BCUT2D eigenvalue weighted by Gasteiger charge is -2.44. The van der Waals surface area contributed by atoms with Crippen LogP contribution in [-0.2, 0) is 6.18 Å². The molecule has 1 aromatic heterocycles. The first kappa shape index (κ1) is 18.8. The van der Waals surface area contributed by atoms with E-state index in [1.807, 2.05) is 0 Å². The second kappa shape index (κ2) is 7.44. The van der Waals surface area contributed by atoms with E-state index in [0.29, 0.717) is 15.8 Å². The second-order valence-electron chi connectivity index (χ2n) is 6.84. The first-order valence-electron chi connectivity index (χ1n) is 8.72. The van der Waals surface area contributed by atoms with E-state index in [1.54, 1.807) is 24.3 Å². The van der Waals surface area contributed by atoms with Gasteiger partial charge in [0.25, 0.3) is 5.91 Å². The number of carbonyl (C=O) groups is 1. The topological polar surface area (TPSA) is 45.2 Å². The number of hydrogen-bond acceptors (Lipinski definition) is 5. The minimum absolute atomic E-state index is 0.0982. The zero-order valence-corrected chi connectivity index (χ0v) is 16.0. The van der Waals surface area contributed by atoms with Crippen LogP contribution in [0.25, 0.3) is 0 Å². The Labute approximate surface area is 163 Å². The summed E-state index contributed by atoms with van der Waals surface area (Å²) in [4.78, 5) is 19.2. The van der Waals surface area contributed by atoms with Crippen molar-refractivity contribution in [2.24, 2.45) is 5.92 Å². The molecule has 3 aliphatic rings. The Morgan fingerprint density at radius 1 is 1.22 bits per heavy atom. The number of benzene rings is 1. The summed E-state index contributed by atoms with van der Waals surface area (Å²) in [5.41, 5.74) is -0.311. The van der Waals surface area contributed by atoms with Gasteiger partial charge in [-0.1, -0.05) is 11.8 Å². The summed E-state index contributed by atoms with van der Waals surface area (Å²) in [6.45, 7) is 3.15. The molecule has 3 aliphatic heterocycles. The van der Waals surface area contributed by atoms with Crippen molar-refractivity contribution in [3.8, 4) is 0 Å². The van der Waals surface area contributed by atoms with Gasteiger partial charge in [0.05, 0.1) is 0 Å². The summed E-state index contributed by atoms with van der Waals surface area (Å²) in [6.07, 6.45) is -2.16. The summed E-state index contributed by atoms with van der Waals surface area (Å²) < 4.78 is 38.2. The predicted octanol–water partition coefficient (Wildman–Crippen LogP) is 4.14. The number of nitrogens with one attached hydrogen (secondary N) is 1. The van der Waals surface area contributed by atoms with Crippen LogP contribution in [0.3, 0.4) is 0 Å². The fraction of sp³-hybridized carbons (Fsp3) is 0.444. The average molecular weight is 413 g/mol. The molecular formula is C18H18F3N3OS2. The molecule has 1 aromatic carbocycles. The lowest BCUT2D eigenvalue weighted by molar-refractivity contribution is -0.141. The van der Waals surface area contributed by atoms with Crippen molar-refractivity contribution in [1.29, 1.82) is 0 Å². The van der Waals surface area contributed by atoms with Crippen LogP contribution in [-0.4, -0.2) is 41.5 Å². The third kappa shape index (κ3) is 4.30. The smallest absolute Gasteiger partial charge is 0.348 e. The Hall–Kier alpha value is -1.58. The molecule has 144 valence electrons. The zero-order valence-electron chi connectivity index (χ0n) is 14.3. The summed E-state index contributed by atoms with van der Waals surface area (Å²) in [7, 11) is 0. The molecule has 5 rings (SSSR count).